The Hall–Kier alpha value is -1.62. The largest absolute Gasteiger partial charge is 0.439 e. The summed E-state index contributed by atoms with van der Waals surface area (Å²) in [6, 6.07) is 1.92. The second-order valence-electron chi connectivity index (χ2n) is 3.99. The Morgan fingerprint density at radius 3 is 3.00 bits per heavy atom. The lowest BCUT2D eigenvalue weighted by molar-refractivity contribution is 0.493. The van der Waals surface area contributed by atoms with E-state index in [9.17, 15) is 0 Å². The van der Waals surface area contributed by atoms with Gasteiger partial charge in [-0.1, -0.05) is 6.92 Å². The van der Waals surface area contributed by atoms with E-state index in [-0.39, 0.29) is 0 Å². The third-order valence-electron chi connectivity index (χ3n) is 2.46. The molecule has 2 aromatic rings. The molecule has 0 saturated heterocycles. The SMILES string of the molecule is CCCNCCc1ncc(-c2ccn(C)n2)o1. The van der Waals surface area contributed by atoms with E-state index in [2.05, 4.69) is 22.3 Å². The number of oxazole rings is 1. The molecule has 0 aliphatic rings. The number of aryl methyl sites for hydroxylation is 1. The minimum absolute atomic E-state index is 0.732. The van der Waals surface area contributed by atoms with E-state index in [4.69, 9.17) is 4.42 Å². The summed E-state index contributed by atoms with van der Waals surface area (Å²) < 4.78 is 7.39. The van der Waals surface area contributed by atoms with E-state index in [1.165, 1.54) is 0 Å². The van der Waals surface area contributed by atoms with Crippen molar-refractivity contribution in [2.45, 2.75) is 19.8 Å². The number of hydrogen-bond donors (Lipinski definition) is 1. The van der Waals surface area contributed by atoms with Crippen molar-refractivity contribution in [3.8, 4) is 11.5 Å². The number of hydrogen-bond acceptors (Lipinski definition) is 4. The van der Waals surface area contributed by atoms with Gasteiger partial charge in [-0.05, 0) is 19.0 Å². The van der Waals surface area contributed by atoms with E-state index in [1.807, 2.05) is 19.3 Å². The monoisotopic (exact) mass is 234 g/mol. The fourth-order valence-electron chi connectivity index (χ4n) is 1.59. The number of aromatic nitrogens is 3. The van der Waals surface area contributed by atoms with Crippen molar-refractivity contribution in [1.29, 1.82) is 0 Å². The summed E-state index contributed by atoms with van der Waals surface area (Å²) in [5, 5.41) is 7.59. The minimum atomic E-state index is 0.732. The topological polar surface area (TPSA) is 55.9 Å². The zero-order valence-electron chi connectivity index (χ0n) is 10.3. The normalized spacial score (nSPS) is 10.9. The Balaban J connectivity index is 1.92. The van der Waals surface area contributed by atoms with Crippen LogP contribution in [0, 0.1) is 0 Å². The van der Waals surface area contributed by atoms with Crippen LogP contribution in [0.25, 0.3) is 11.5 Å². The van der Waals surface area contributed by atoms with Gasteiger partial charge in [0.15, 0.2) is 11.7 Å². The molecule has 5 heteroatoms. The molecule has 92 valence electrons. The molecule has 2 aromatic heterocycles. The molecule has 5 nitrogen and oxygen atoms in total. The smallest absolute Gasteiger partial charge is 0.196 e. The van der Waals surface area contributed by atoms with Crippen LogP contribution in [0.15, 0.2) is 22.9 Å². The van der Waals surface area contributed by atoms with E-state index in [0.717, 1.165) is 43.3 Å². The van der Waals surface area contributed by atoms with Gasteiger partial charge < -0.3 is 9.73 Å². The molecular formula is C12H18N4O. The van der Waals surface area contributed by atoms with Crippen molar-refractivity contribution in [2.75, 3.05) is 13.1 Å². The third-order valence-corrected chi connectivity index (χ3v) is 2.46. The lowest BCUT2D eigenvalue weighted by atomic mass is 10.4. The minimum Gasteiger partial charge on any atom is -0.439 e. The fourth-order valence-corrected chi connectivity index (χ4v) is 1.59. The average molecular weight is 234 g/mol. The lowest BCUT2D eigenvalue weighted by Crippen LogP contribution is -2.17. The van der Waals surface area contributed by atoms with Gasteiger partial charge in [0.25, 0.3) is 0 Å². The molecule has 0 bridgehead atoms. The summed E-state index contributed by atoms with van der Waals surface area (Å²) in [4.78, 5) is 4.24. The highest BCUT2D eigenvalue weighted by atomic mass is 16.4. The van der Waals surface area contributed by atoms with Gasteiger partial charge in [-0.2, -0.15) is 5.10 Å². The van der Waals surface area contributed by atoms with Crippen molar-refractivity contribution in [3.05, 3.63) is 24.4 Å². The first-order chi connectivity index (χ1) is 8.29. The Morgan fingerprint density at radius 1 is 1.41 bits per heavy atom. The average Bonchev–Trinajstić information content (AvgIpc) is 2.93. The van der Waals surface area contributed by atoms with Crippen molar-refractivity contribution in [2.24, 2.45) is 7.05 Å². The lowest BCUT2D eigenvalue weighted by Gasteiger charge is -1.98. The van der Waals surface area contributed by atoms with E-state index < -0.39 is 0 Å². The molecule has 0 unspecified atom stereocenters. The predicted octanol–water partition coefficient (Wildman–Crippen LogP) is 1.62. The van der Waals surface area contributed by atoms with Gasteiger partial charge in [-0.25, -0.2) is 4.98 Å². The molecule has 0 fully saturated rings. The van der Waals surface area contributed by atoms with Crippen LogP contribution in [0.4, 0.5) is 0 Å². The highest BCUT2D eigenvalue weighted by Gasteiger charge is 2.08. The molecule has 0 radical (unpaired) electrons. The maximum Gasteiger partial charge on any atom is 0.196 e. The Kier molecular flexibility index (Phi) is 3.93. The zero-order valence-corrected chi connectivity index (χ0v) is 10.3. The van der Waals surface area contributed by atoms with Gasteiger partial charge in [-0.15, -0.1) is 0 Å². The van der Waals surface area contributed by atoms with E-state index in [1.54, 1.807) is 10.9 Å². The zero-order chi connectivity index (χ0) is 12.1. The first-order valence-corrected chi connectivity index (χ1v) is 5.95. The van der Waals surface area contributed by atoms with Crippen LogP contribution < -0.4 is 5.32 Å². The van der Waals surface area contributed by atoms with Crippen LogP contribution in [0.2, 0.25) is 0 Å². The molecular weight excluding hydrogens is 216 g/mol. The van der Waals surface area contributed by atoms with Gasteiger partial charge in [0, 0.05) is 26.2 Å². The van der Waals surface area contributed by atoms with Crippen LogP contribution in [0.3, 0.4) is 0 Å². The van der Waals surface area contributed by atoms with Crippen LogP contribution in [-0.4, -0.2) is 27.9 Å². The summed E-state index contributed by atoms with van der Waals surface area (Å²) in [6.45, 7) is 4.08. The maximum atomic E-state index is 5.64. The first kappa shape index (κ1) is 11.9. The summed E-state index contributed by atoms with van der Waals surface area (Å²) in [6.07, 6.45) is 5.58. The summed E-state index contributed by atoms with van der Waals surface area (Å²) in [5.74, 6) is 1.49. The number of rotatable bonds is 6. The molecule has 0 aliphatic heterocycles. The fraction of sp³-hybridized carbons (Fsp3) is 0.500. The second-order valence-corrected chi connectivity index (χ2v) is 3.99. The van der Waals surface area contributed by atoms with Crippen molar-refractivity contribution >= 4 is 0 Å². The quantitative estimate of drug-likeness (QED) is 0.772. The molecule has 0 spiro atoms. The Bertz CT molecular complexity index is 461. The summed E-state index contributed by atoms with van der Waals surface area (Å²) >= 11 is 0. The van der Waals surface area contributed by atoms with Crippen LogP contribution in [0.5, 0.6) is 0 Å². The van der Waals surface area contributed by atoms with E-state index in [0.29, 0.717) is 0 Å². The van der Waals surface area contributed by atoms with Crippen molar-refractivity contribution in [3.63, 3.8) is 0 Å². The second kappa shape index (κ2) is 5.63. The molecule has 0 aromatic carbocycles. The molecule has 0 amide bonds. The molecule has 0 saturated carbocycles. The number of nitrogens with one attached hydrogen (secondary N) is 1. The van der Waals surface area contributed by atoms with Crippen LogP contribution in [-0.2, 0) is 13.5 Å². The standard InChI is InChI=1S/C12H18N4O/c1-3-6-13-7-4-12-14-9-11(17-12)10-5-8-16(2)15-10/h5,8-9,13H,3-4,6-7H2,1-2H3. The summed E-state index contributed by atoms with van der Waals surface area (Å²) in [5.41, 5.74) is 0.827. The third kappa shape index (κ3) is 3.17. The molecule has 0 aliphatic carbocycles. The Labute approximate surface area is 101 Å². The predicted molar refractivity (Wildman–Crippen MR) is 65.6 cm³/mol. The highest BCUT2D eigenvalue weighted by molar-refractivity contribution is 5.49. The maximum absolute atomic E-state index is 5.64. The number of nitrogens with zero attached hydrogens (tertiary/aromatic N) is 3. The molecule has 0 atom stereocenters. The Morgan fingerprint density at radius 2 is 2.29 bits per heavy atom. The van der Waals surface area contributed by atoms with Crippen LogP contribution >= 0.6 is 0 Å². The van der Waals surface area contributed by atoms with E-state index >= 15 is 0 Å². The molecule has 2 rings (SSSR count). The van der Waals surface area contributed by atoms with Gasteiger partial charge >= 0.3 is 0 Å². The summed E-state index contributed by atoms with van der Waals surface area (Å²) in [7, 11) is 1.88. The van der Waals surface area contributed by atoms with Crippen LogP contribution in [0.1, 0.15) is 19.2 Å². The molecule has 17 heavy (non-hydrogen) atoms. The first-order valence-electron chi connectivity index (χ1n) is 5.95. The highest BCUT2D eigenvalue weighted by Crippen LogP contribution is 2.17. The molecule has 1 N–H and O–H groups in total. The van der Waals surface area contributed by atoms with Gasteiger partial charge in [0.1, 0.15) is 5.69 Å². The van der Waals surface area contributed by atoms with Gasteiger partial charge in [-0.3, -0.25) is 4.68 Å². The van der Waals surface area contributed by atoms with Crippen molar-refractivity contribution in [1.82, 2.24) is 20.1 Å². The van der Waals surface area contributed by atoms with Gasteiger partial charge in [0.2, 0.25) is 0 Å². The van der Waals surface area contributed by atoms with Gasteiger partial charge in [0.05, 0.1) is 6.20 Å². The van der Waals surface area contributed by atoms with Crippen molar-refractivity contribution < 1.29 is 4.42 Å². The molecule has 2 heterocycles.